The van der Waals surface area contributed by atoms with Gasteiger partial charge in [0, 0.05) is 11.9 Å². The number of aromatic nitrogens is 2. The van der Waals surface area contributed by atoms with Crippen LogP contribution in [0.5, 0.6) is 0 Å². The van der Waals surface area contributed by atoms with E-state index in [2.05, 4.69) is 15.5 Å². The highest BCUT2D eigenvalue weighted by Crippen LogP contribution is 2.15. The fourth-order valence-electron chi connectivity index (χ4n) is 1.47. The Bertz CT molecular complexity index is 554. The number of carbonyl (C=O) groups is 1. The number of aryl methyl sites for hydroxylation is 1. The largest absolute Gasteiger partial charge is 0.348 e. The zero-order valence-corrected chi connectivity index (χ0v) is 10.6. The lowest BCUT2D eigenvalue weighted by Gasteiger charge is -2.04. The zero-order chi connectivity index (χ0) is 13.0. The van der Waals surface area contributed by atoms with Gasteiger partial charge in [0.2, 0.25) is 11.8 Å². The van der Waals surface area contributed by atoms with Gasteiger partial charge in [0.15, 0.2) is 5.82 Å². The van der Waals surface area contributed by atoms with Gasteiger partial charge in [-0.05, 0) is 11.6 Å². The number of hydrogen-bond acceptors (Lipinski definition) is 4. The van der Waals surface area contributed by atoms with Gasteiger partial charge in [-0.3, -0.25) is 4.79 Å². The van der Waals surface area contributed by atoms with Gasteiger partial charge in [-0.1, -0.05) is 35.0 Å². The molecule has 0 aliphatic heterocycles. The molecule has 1 N–H and O–H groups in total. The second-order valence-corrected chi connectivity index (χ2v) is 4.18. The molecule has 0 saturated heterocycles. The maximum Gasteiger partial charge on any atom is 0.224 e. The molecule has 1 heterocycles. The Hall–Kier alpha value is -1.88. The van der Waals surface area contributed by atoms with E-state index >= 15 is 0 Å². The second-order valence-electron chi connectivity index (χ2n) is 3.77. The van der Waals surface area contributed by atoms with Crippen LogP contribution in [0.25, 0.3) is 0 Å². The normalized spacial score (nSPS) is 10.3. The smallest absolute Gasteiger partial charge is 0.224 e. The van der Waals surface area contributed by atoms with Gasteiger partial charge < -0.3 is 9.84 Å². The maximum atomic E-state index is 11.7. The van der Waals surface area contributed by atoms with Crippen LogP contribution in [0.4, 0.5) is 0 Å². The van der Waals surface area contributed by atoms with Crippen LogP contribution >= 0.6 is 11.6 Å². The molecule has 0 unspecified atom stereocenters. The number of nitrogens with zero attached hydrogens (tertiary/aromatic N) is 2. The van der Waals surface area contributed by atoms with Crippen molar-refractivity contribution in [3.8, 4) is 0 Å². The molecule has 0 fully saturated rings. The lowest BCUT2D eigenvalue weighted by atomic mass is 10.1. The predicted octanol–water partition coefficient (Wildman–Crippen LogP) is 1.89. The lowest BCUT2D eigenvalue weighted by Crippen LogP contribution is -2.25. The van der Waals surface area contributed by atoms with Crippen molar-refractivity contribution in [1.82, 2.24) is 15.5 Å². The zero-order valence-electron chi connectivity index (χ0n) is 9.81. The summed E-state index contributed by atoms with van der Waals surface area (Å²) in [5, 5.41) is 6.98. The molecule has 0 aliphatic carbocycles. The fraction of sp³-hybridized carbons (Fsp3) is 0.250. The molecular formula is C12H12ClN3O2. The van der Waals surface area contributed by atoms with Crippen molar-refractivity contribution in [2.75, 3.05) is 0 Å². The van der Waals surface area contributed by atoms with Crippen LogP contribution in [-0.2, 0) is 17.8 Å². The van der Waals surface area contributed by atoms with Crippen molar-refractivity contribution in [2.24, 2.45) is 0 Å². The Labute approximate surface area is 109 Å². The van der Waals surface area contributed by atoms with Crippen LogP contribution in [0.2, 0.25) is 5.02 Å². The number of rotatable bonds is 4. The fourth-order valence-corrected chi connectivity index (χ4v) is 1.67. The molecule has 18 heavy (non-hydrogen) atoms. The highest BCUT2D eigenvalue weighted by atomic mass is 35.5. The molecule has 1 amide bonds. The van der Waals surface area contributed by atoms with Crippen molar-refractivity contribution in [3.63, 3.8) is 0 Å². The average Bonchev–Trinajstić information content (AvgIpc) is 2.76. The van der Waals surface area contributed by atoms with Crippen LogP contribution < -0.4 is 5.32 Å². The number of halogens is 1. The summed E-state index contributed by atoms with van der Waals surface area (Å²) >= 11 is 5.97. The number of hydrogen-bond donors (Lipinski definition) is 1. The summed E-state index contributed by atoms with van der Waals surface area (Å²) in [6.07, 6.45) is 0.233. The first-order chi connectivity index (χ1) is 8.65. The molecule has 5 nitrogen and oxygen atoms in total. The highest BCUT2D eigenvalue weighted by molar-refractivity contribution is 6.31. The van der Waals surface area contributed by atoms with E-state index in [1.165, 1.54) is 0 Å². The van der Waals surface area contributed by atoms with Gasteiger partial charge >= 0.3 is 0 Å². The molecule has 2 rings (SSSR count). The molecule has 0 spiro atoms. The van der Waals surface area contributed by atoms with Crippen LogP contribution in [-0.4, -0.2) is 16.0 Å². The Morgan fingerprint density at radius 3 is 2.89 bits per heavy atom. The van der Waals surface area contributed by atoms with E-state index in [4.69, 9.17) is 16.1 Å². The quantitative estimate of drug-likeness (QED) is 0.917. The van der Waals surface area contributed by atoms with E-state index in [-0.39, 0.29) is 18.9 Å². The summed E-state index contributed by atoms with van der Waals surface area (Å²) in [6, 6.07) is 7.25. The van der Waals surface area contributed by atoms with Crippen LogP contribution in [0.3, 0.4) is 0 Å². The summed E-state index contributed by atoms with van der Waals surface area (Å²) in [5.74, 6) is 0.802. The van der Waals surface area contributed by atoms with Gasteiger partial charge in [-0.25, -0.2) is 0 Å². The molecular weight excluding hydrogens is 254 g/mol. The summed E-state index contributed by atoms with van der Waals surface area (Å²) in [6.45, 7) is 1.95. The topological polar surface area (TPSA) is 68.0 Å². The maximum absolute atomic E-state index is 11.7. The minimum Gasteiger partial charge on any atom is -0.348 e. The second kappa shape index (κ2) is 5.64. The molecule has 1 aromatic carbocycles. The number of benzene rings is 1. The minimum absolute atomic E-state index is 0.134. The monoisotopic (exact) mass is 265 g/mol. The van der Waals surface area contributed by atoms with E-state index < -0.39 is 0 Å². The number of nitrogens with one attached hydrogen (secondary N) is 1. The van der Waals surface area contributed by atoms with Crippen molar-refractivity contribution < 1.29 is 9.32 Å². The molecule has 1 aromatic heterocycles. The third kappa shape index (κ3) is 3.30. The van der Waals surface area contributed by atoms with E-state index in [1.807, 2.05) is 18.2 Å². The lowest BCUT2D eigenvalue weighted by molar-refractivity contribution is -0.120. The molecule has 6 heteroatoms. The summed E-state index contributed by atoms with van der Waals surface area (Å²) < 4.78 is 4.80. The molecule has 0 bridgehead atoms. The Morgan fingerprint density at radius 2 is 2.22 bits per heavy atom. The first-order valence-corrected chi connectivity index (χ1v) is 5.82. The standard InChI is InChI=1S/C12H12ClN3O2/c1-8-15-11(16-18-8)7-14-12(17)6-9-4-2-3-5-10(9)13/h2-5H,6-7H2,1H3,(H,14,17). The Balaban J connectivity index is 1.88. The minimum atomic E-state index is -0.134. The molecule has 0 radical (unpaired) electrons. The van der Waals surface area contributed by atoms with Crippen molar-refractivity contribution in [1.29, 1.82) is 0 Å². The van der Waals surface area contributed by atoms with Gasteiger partial charge in [0.1, 0.15) is 0 Å². The summed E-state index contributed by atoms with van der Waals surface area (Å²) in [7, 11) is 0. The summed E-state index contributed by atoms with van der Waals surface area (Å²) in [5.41, 5.74) is 0.793. The van der Waals surface area contributed by atoms with Crippen LogP contribution in [0, 0.1) is 6.92 Å². The average molecular weight is 266 g/mol. The SMILES string of the molecule is Cc1nc(CNC(=O)Cc2ccccc2Cl)no1. The van der Waals surface area contributed by atoms with Gasteiger partial charge in [-0.2, -0.15) is 4.98 Å². The Morgan fingerprint density at radius 1 is 1.44 bits per heavy atom. The third-order valence-corrected chi connectivity index (χ3v) is 2.69. The third-order valence-electron chi connectivity index (χ3n) is 2.32. The van der Waals surface area contributed by atoms with E-state index in [0.717, 1.165) is 5.56 Å². The van der Waals surface area contributed by atoms with Crippen LogP contribution in [0.15, 0.2) is 28.8 Å². The molecule has 0 aliphatic rings. The summed E-state index contributed by atoms with van der Waals surface area (Å²) in [4.78, 5) is 15.7. The first kappa shape index (κ1) is 12.6. The molecule has 94 valence electrons. The Kier molecular flexibility index (Phi) is 3.94. The van der Waals surface area contributed by atoms with Crippen molar-refractivity contribution >= 4 is 17.5 Å². The molecule has 0 saturated carbocycles. The molecule has 0 atom stereocenters. The van der Waals surface area contributed by atoms with E-state index in [0.29, 0.717) is 16.7 Å². The van der Waals surface area contributed by atoms with Crippen molar-refractivity contribution in [3.05, 3.63) is 46.6 Å². The van der Waals surface area contributed by atoms with E-state index in [1.54, 1.807) is 13.0 Å². The van der Waals surface area contributed by atoms with Gasteiger partial charge in [0.05, 0.1) is 13.0 Å². The number of carbonyl (C=O) groups excluding carboxylic acids is 1. The molecule has 2 aromatic rings. The predicted molar refractivity (Wildman–Crippen MR) is 66.0 cm³/mol. The van der Waals surface area contributed by atoms with Crippen LogP contribution in [0.1, 0.15) is 17.3 Å². The van der Waals surface area contributed by atoms with Crippen molar-refractivity contribution in [2.45, 2.75) is 19.9 Å². The van der Waals surface area contributed by atoms with Gasteiger partial charge in [0.25, 0.3) is 0 Å². The highest BCUT2D eigenvalue weighted by Gasteiger charge is 2.08. The van der Waals surface area contributed by atoms with Gasteiger partial charge in [-0.15, -0.1) is 0 Å². The van der Waals surface area contributed by atoms with E-state index in [9.17, 15) is 4.79 Å². The first-order valence-electron chi connectivity index (χ1n) is 5.44. The number of amides is 1.